The molecular formula is C13H11FN2O2. The molecule has 2 rings (SSSR count). The van der Waals surface area contributed by atoms with Gasteiger partial charge in [0.25, 0.3) is 0 Å². The van der Waals surface area contributed by atoms with Gasteiger partial charge in [-0.15, -0.1) is 0 Å². The molecule has 0 N–H and O–H groups in total. The maximum Gasteiger partial charge on any atom is 0.358 e. The van der Waals surface area contributed by atoms with Crippen LogP contribution in [0.2, 0.25) is 0 Å². The first-order valence-electron chi connectivity index (χ1n) is 5.29. The molecule has 1 aromatic heterocycles. The fourth-order valence-electron chi connectivity index (χ4n) is 1.53. The maximum atomic E-state index is 12.9. The Balaban J connectivity index is 2.49. The van der Waals surface area contributed by atoms with Gasteiger partial charge in [-0.2, -0.15) is 0 Å². The number of hydrogen-bond acceptors (Lipinski definition) is 4. The smallest absolute Gasteiger partial charge is 0.358 e. The Morgan fingerprint density at radius 2 is 1.94 bits per heavy atom. The van der Waals surface area contributed by atoms with Gasteiger partial charge in [-0.05, 0) is 31.2 Å². The molecule has 0 aliphatic heterocycles. The normalized spacial score (nSPS) is 10.2. The van der Waals surface area contributed by atoms with Crippen LogP contribution >= 0.6 is 0 Å². The molecule has 5 heteroatoms. The number of carbonyl (C=O) groups excluding carboxylic acids is 1. The third-order valence-electron chi connectivity index (χ3n) is 2.47. The van der Waals surface area contributed by atoms with Gasteiger partial charge in [0.2, 0.25) is 0 Å². The van der Waals surface area contributed by atoms with E-state index in [0.29, 0.717) is 17.0 Å². The quantitative estimate of drug-likeness (QED) is 0.763. The number of rotatable bonds is 2. The van der Waals surface area contributed by atoms with Crippen molar-refractivity contribution in [2.24, 2.45) is 0 Å². The molecule has 0 amide bonds. The van der Waals surface area contributed by atoms with E-state index in [9.17, 15) is 9.18 Å². The summed E-state index contributed by atoms with van der Waals surface area (Å²) in [5, 5.41) is 0. The number of methoxy groups -OCH3 is 1. The second-order valence-corrected chi connectivity index (χ2v) is 3.69. The molecule has 1 heterocycles. The summed E-state index contributed by atoms with van der Waals surface area (Å²) >= 11 is 0. The highest BCUT2D eigenvalue weighted by Crippen LogP contribution is 2.20. The minimum Gasteiger partial charge on any atom is -0.464 e. The zero-order chi connectivity index (χ0) is 13.1. The molecule has 0 fully saturated rings. The first-order chi connectivity index (χ1) is 8.61. The minimum atomic E-state index is -0.550. The van der Waals surface area contributed by atoms with Crippen molar-refractivity contribution >= 4 is 5.97 Å². The van der Waals surface area contributed by atoms with Crippen molar-refractivity contribution < 1.29 is 13.9 Å². The summed E-state index contributed by atoms with van der Waals surface area (Å²) in [5.74, 6) is -0.876. The number of aromatic nitrogens is 2. The Kier molecular flexibility index (Phi) is 3.32. The number of carbonyl (C=O) groups is 1. The van der Waals surface area contributed by atoms with E-state index in [1.165, 1.54) is 25.4 Å². The van der Waals surface area contributed by atoms with Crippen LogP contribution in [0.15, 0.2) is 30.5 Å². The molecule has 0 saturated heterocycles. The van der Waals surface area contributed by atoms with Crippen molar-refractivity contribution in [3.8, 4) is 11.3 Å². The van der Waals surface area contributed by atoms with Crippen molar-refractivity contribution in [1.82, 2.24) is 9.97 Å². The molecule has 0 bridgehead atoms. The number of aryl methyl sites for hydroxylation is 1. The van der Waals surface area contributed by atoms with Crippen LogP contribution in [0.3, 0.4) is 0 Å². The Bertz CT molecular complexity index is 582. The van der Waals surface area contributed by atoms with E-state index >= 15 is 0 Å². The standard InChI is InChI=1S/C13H11FN2O2/c1-8-12(9-3-5-10(14)6-4-9)16-11(7-15-8)13(17)18-2/h3-7H,1-2H3. The molecule has 4 nitrogen and oxygen atoms in total. The molecule has 92 valence electrons. The van der Waals surface area contributed by atoms with E-state index in [4.69, 9.17) is 0 Å². The minimum absolute atomic E-state index is 0.127. The predicted molar refractivity (Wildman–Crippen MR) is 63.5 cm³/mol. The molecular weight excluding hydrogens is 235 g/mol. The number of halogens is 1. The molecule has 0 radical (unpaired) electrons. The van der Waals surface area contributed by atoms with Crippen molar-refractivity contribution in [2.45, 2.75) is 6.92 Å². The lowest BCUT2D eigenvalue weighted by molar-refractivity contribution is 0.0593. The van der Waals surface area contributed by atoms with Gasteiger partial charge in [-0.1, -0.05) is 0 Å². The van der Waals surface area contributed by atoms with Crippen LogP contribution in [-0.4, -0.2) is 23.0 Å². The first kappa shape index (κ1) is 12.2. The highest BCUT2D eigenvalue weighted by Gasteiger charge is 2.12. The molecule has 0 unspecified atom stereocenters. The number of ether oxygens (including phenoxy) is 1. The number of benzene rings is 1. The molecule has 18 heavy (non-hydrogen) atoms. The molecule has 2 aromatic rings. The van der Waals surface area contributed by atoms with E-state index in [1.54, 1.807) is 19.1 Å². The maximum absolute atomic E-state index is 12.9. The number of nitrogens with zero attached hydrogens (tertiary/aromatic N) is 2. The van der Waals surface area contributed by atoms with E-state index < -0.39 is 5.97 Å². The summed E-state index contributed by atoms with van der Waals surface area (Å²) in [6.45, 7) is 1.77. The summed E-state index contributed by atoms with van der Waals surface area (Å²) in [6.07, 6.45) is 1.36. The van der Waals surface area contributed by atoms with Gasteiger partial charge >= 0.3 is 5.97 Å². The van der Waals surface area contributed by atoms with Gasteiger partial charge < -0.3 is 4.74 Å². The van der Waals surface area contributed by atoms with Gasteiger partial charge in [0, 0.05) is 5.56 Å². The molecule has 1 aromatic carbocycles. The summed E-state index contributed by atoms with van der Waals surface area (Å²) in [4.78, 5) is 19.7. The lowest BCUT2D eigenvalue weighted by Crippen LogP contribution is -2.07. The van der Waals surface area contributed by atoms with E-state index in [1.807, 2.05) is 0 Å². The Morgan fingerprint density at radius 3 is 2.56 bits per heavy atom. The topological polar surface area (TPSA) is 52.1 Å². The number of esters is 1. The van der Waals surface area contributed by atoms with Gasteiger partial charge in [0.05, 0.1) is 24.7 Å². The molecule has 0 atom stereocenters. The van der Waals surface area contributed by atoms with Gasteiger partial charge in [0.1, 0.15) is 5.82 Å². The monoisotopic (exact) mass is 246 g/mol. The zero-order valence-electron chi connectivity index (χ0n) is 9.98. The van der Waals surface area contributed by atoms with Gasteiger partial charge in [-0.25, -0.2) is 14.2 Å². The number of hydrogen-bond donors (Lipinski definition) is 0. The molecule has 0 spiro atoms. The fraction of sp³-hybridized carbons (Fsp3) is 0.154. The first-order valence-corrected chi connectivity index (χ1v) is 5.29. The third kappa shape index (κ3) is 2.34. The molecule has 0 aliphatic carbocycles. The second-order valence-electron chi connectivity index (χ2n) is 3.69. The van der Waals surface area contributed by atoms with Crippen molar-refractivity contribution in [1.29, 1.82) is 0 Å². The van der Waals surface area contributed by atoms with Crippen LogP contribution in [0.5, 0.6) is 0 Å². The average Bonchev–Trinajstić information content (AvgIpc) is 2.39. The fourth-order valence-corrected chi connectivity index (χ4v) is 1.53. The van der Waals surface area contributed by atoms with E-state index in [2.05, 4.69) is 14.7 Å². The molecule has 0 saturated carbocycles. The Morgan fingerprint density at radius 1 is 1.28 bits per heavy atom. The second kappa shape index (κ2) is 4.91. The predicted octanol–water partition coefficient (Wildman–Crippen LogP) is 2.38. The lowest BCUT2D eigenvalue weighted by Gasteiger charge is -2.06. The van der Waals surface area contributed by atoms with Crippen molar-refractivity contribution in [2.75, 3.05) is 7.11 Å². The SMILES string of the molecule is COC(=O)c1cnc(C)c(-c2ccc(F)cc2)n1. The van der Waals surface area contributed by atoms with Crippen molar-refractivity contribution in [3.05, 3.63) is 47.7 Å². The van der Waals surface area contributed by atoms with E-state index in [-0.39, 0.29) is 11.5 Å². The summed E-state index contributed by atoms with van der Waals surface area (Å²) in [7, 11) is 1.28. The zero-order valence-corrected chi connectivity index (χ0v) is 9.98. The summed E-state index contributed by atoms with van der Waals surface area (Å²) in [5.41, 5.74) is 2.03. The van der Waals surface area contributed by atoms with Crippen LogP contribution < -0.4 is 0 Å². The average molecular weight is 246 g/mol. The van der Waals surface area contributed by atoms with Gasteiger partial charge in [-0.3, -0.25) is 4.98 Å². The summed E-state index contributed by atoms with van der Waals surface area (Å²) < 4.78 is 17.4. The summed E-state index contributed by atoms with van der Waals surface area (Å²) in [6, 6.07) is 5.85. The third-order valence-corrected chi connectivity index (χ3v) is 2.47. The van der Waals surface area contributed by atoms with Gasteiger partial charge in [0.15, 0.2) is 5.69 Å². The highest BCUT2D eigenvalue weighted by atomic mass is 19.1. The largest absolute Gasteiger partial charge is 0.464 e. The van der Waals surface area contributed by atoms with Crippen LogP contribution in [0.1, 0.15) is 16.2 Å². The Hall–Kier alpha value is -2.30. The van der Waals surface area contributed by atoms with E-state index in [0.717, 1.165) is 0 Å². The highest BCUT2D eigenvalue weighted by molar-refractivity contribution is 5.87. The van der Waals surface area contributed by atoms with Crippen LogP contribution in [0.4, 0.5) is 4.39 Å². The molecule has 0 aliphatic rings. The van der Waals surface area contributed by atoms with Crippen molar-refractivity contribution in [3.63, 3.8) is 0 Å². The van der Waals surface area contributed by atoms with Crippen LogP contribution in [-0.2, 0) is 4.74 Å². The van der Waals surface area contributed by atoms with Crippen LogP contribution in [0, 0.1) is 12.7 Å². The Labute approximate surface area is 103 Å². The lowest BCUT2D eigenvalue weighted by atomic mass is 10.1. The van der Waals surface area contributed by atoms with Crippen LogP contribution in [0.25, 0.3) is 11.3 Å².